The van der Waals surface area contributed by atoms with E-state index in [0.29, 0.717) is 5.69 Å². The van der Waals surface area contributed by atoms with Crippen LogP contribution in [0.25, 0.3) is 0 Å². The molecule has 0 aliphatic rings. The molecule has 2 aromatic rings. The van der Waals surface area contributed by atoms with Crippen LogP contribution in [0.2, 0.25) is 0 Å². The second-order valence-electron chi connectivity index (χ2n) is 4.85. The average molecular weight is 272 g/mol. The maximum atomic E-state index is 13.6. The Hall–Kier alpha value is -2.20. The summed E-state index contributed by atoms with van der Waals surface area (Å²) in [5, 5.41) is 2.67. The van der Waals surface area contributed by atoms with Crippen LogP contribution in [0.3, 0.4) is 0 Å². The Morgan fingerprint density at radius 2 is 1.85 bits per heavy atom. The molecule has 0 aliphatic carbocycles. The molecule has 0 spiro atoms. The number of benzene rings is 2. The zero-order valence-corrected chi connectivity index (χ0v) is 11.5. The standard InChI is InChI=1S/C16H17FN2O/c1-10-3-8-15(17)14(9-10)16(20)19-13-6-4-12(5-7-13)11(2)18/h3-9,11H,18H2,1-2H3,(H,19,20). The zero-order chi connectivity index (χ0) is 14.7. The van der Waals surface area contributed by atoms with Gasteiger partial charge >= 0.3 is 0 Å². The van der Waals surface area contributed by atoms with Crippen molar-refractivity contribution in [3.63, 3.8) is 0 Å². The lowest BCUT2D eigenvalue weighted by Crippen LogP contribution is -2.14. The summed E-state index contributed by atoms with van der Waals surface area (Å²) in [6, 6.07) is 11.6. The summed E-state index contributed by atoms with van der Waals surface area (Å²) >= 11 is 0. The van der Waals surface area contributed by atoms with Gasteiger partial charge in [-0.2, -0.15) is 0 Å². The van der Waals surface area contributed by atoms with Crippen LogP contribution >= 0.6 is 0 Å². The van der Waals surface area contributed by atoms with Crippen LogP contribution in [-0.4, -0.2) is 5.91 Å². The number of nitrogens with two attached hydrogens (primary N) is 1. The second kappa shape index (κ2) is 5.84. The number of halogens is 1. The molecule has 2 rings (SSSR count). The summed E-state index contributed by atoms with van der Waals surface area (Å²) in [5.41, 5.74) is 8.22. The number of rotatable bonds is 3. The normalized spacial score (nSPS) is 12.0. The highest BCUT2D eigenvalue weighted by atomic mass is 19.1. The lowest BCUT2D eigenvalue weighted by Gasteiger charge is -2.09. The molecule has 104 valence electrons. The quantitative estimate of drug-likeness (QED) is 0.899. The van der Waals surface area contributed by atoms with E-state index in [2.05, 4.69) is 5.32 Å². The number of hydrogen-bond acceptors (Lipinski definition) is 2. The number of aryl methyl sites for hydroxylation is 1. The molecule has 3 nitrogen and oxygen atoms in total. The molecule has 0 fully saturated rings. The van der Waals surface area contributed by atoms with Crippen LogP contribution in [0.5, 0.6) is 0 Å². The lowest BCUT2D eigenvalue weighted by atomic mass is 10.1. The van der Waals surface area contributed by atoms with Crippen LogP contribution in [0.4, 0.5) is 10.1 Å². The molecule has 3 N–H and O–H groups in total. The predicted molar refractivity (Wildman–Crippen MR) is 78.1 cm³/mol. The molecule has 0 saturated heterocycles. The molecule has 0 heterocycles. The third-order valence-corrected chi connectivity index (χ3v) is 3.06. The third kappa shape index (κ3) is 3.22. The fourth-order valence-electron chi connectivity index (χ4n) is 1.88. The van der Waals surface area contributed by atoms with Crippen LogP contribution in [0.1, 0.15) is 34.5 Å². The minimum absolute atomic E-state index is 0.0428. The zero-order valence-electron chi connectivity index (χ0n) is 11.5. The Labute approximate surface area is 117 Å². The molecule has 0 aromatic heterocycles. The summed E-state index contributed by atoms with van der Waals surface area (Å²) < 4.78 is 13.6. The lowest BCUT2D eigenvalue weighted by molar-refractivity contribution is 0.102. The van der Waals surface area contributed by atoms with Crippen molar-refractivity contribution in [3.05, 3.63) is 65.0 Å². The third-order valence-electron chi connectivity index (χ3n) is 3.06. The number of carbonyl (C=O) groups excluding carboxylic acids is 1. The van der Waals surface area contributed by atoms with Crippen molar-refractivity contribution in [2.24, 2.45) is 5.73 Å². The minimum atomic E-state index is -0.527. The summed E-state index contributed by atoms with van der Waals surface area (Å²) in [6.45, 7) is 3.70. The smallest absolute Gasteiger partial charge is 0.258 e. The van der Waals surface area contributed by atoms with E-state index < -0.39 is 11.7 Å². The van der Waals surface area contributed by atoms with Gasteiger partial charge in [0.1, 0.15) is 5.82 Å². The van der Waals surface area contributed by atoms with E-state index in [1.165, 1.54) is 12.1 Å². The molecule has 2 aromatic carbocycles. The van der Waals surface area contributed by atoms with E-state index >= 15 is 0 Å². The highest BCUT2D eigenvalue weighted by Crippen LogP contribution is 2.16. The van der Waals surface area contributed by atoms with Gasteiger partial charge in [0.15, 0.2) is 0 Å². The SMILES string of the molecule is Cc1ccc(F)c(C(=O)Nc2ccc(C(C)N)cc2)c1. The Balaban J connectivity index is 2.17. The van der Waals surface area contributed by atoms with Crippen molar-refractivity contribution in [2.75, 3.05) is 5.32 Å². The molecule has 1 amide bonds. The summed E-state index contributed by atoms with van der Waals surface area (Å²) in [4.78, 5) is 12.0. The first kappa shape index (κ1) is 14.2. The van der Waals surface area contributed by atoms with Gasteiger partial charge in [-0.3, -0.25) is 4.79 Å². The molecule has 4 heteroatoms. The largest absolute Gasteiger partial charge is 0.324 e. The summed E-state index contributed by atoms with van der Waals surface area (Å²) in [7, 11) is 0. The first-order chi connectivity index (χ1) is 9.47. The monoisotopic (exact) mass is 272 g/mol. The maximum absolute atomic E-state index is 13.6. The van der Waals surface area contributed by atoms with Gasteiger partial charge in [-0.1, -0.05) is 23.8 Å². The van der Waals surface area contributed by atoms with E-state index in [0.717, 1.165) is 11.1 Å². The first-order valence-corrected chi connectivity index (χ1v) is 6.40. The number of anilines is 1. The van der Waals surface area contributed by atoms with Crippen LogP contribution in [-0.2, 0) is 0 Å². The maximum Gasteiger partial charge on any atom is 0.258 e. The Morgan fingerprint density at radius 1 is 1.20 bits per heavy atom. The van der Waals surface area contributed by atoms with E-state index in [1.54, 1.807) is 18.2 Å². The van der Waals surface area contributed by atoms with Crippen molar-refractivity contribution >= 4 is 11.6 Å². The fraction of sp³-hybridized carbons (Fsp3) is 0.188. The van der Waals surface area contributed by atoms with Gasteiger partial charge in [-0.25, -0.2) is 4.39 Å². The average Bonchev–Trinajstić information content (AvgIpc) is 2.42. The van der Waals surface area contributed by atoms with Gasteiger partial charge in [-0.15, -0.1) is 0 Å². The first-order valence-electron chi connectivity index (χ1n) is 6.40. The molecule has 0 radical (unpaired) electrons. The Kier molecular flexibility index (Phi) is 4.15. The van der Waals surface area contributed by atoms with E-state index in [1.807, 2.05) is 26.0 Å². The topological polar surface area (TPSA) is 55.1 Å². The van der Waals surface area contributed by atoms with Gasteiger partial charge in [-0.05, 0) is 43.7 Å². The molecule has 1 unspecified atom stereocenters. The van der Waals surface area contributed by atoms with E-state index in [9.17, 15) is 9.18 Å². The van der Waals surface area contributed by atoms with Gasteiger partial charge in [0, 0.05) is 11.7 Å². The number of amides is 1. The molecule has 0 aliphatic heterocycles. The van der Waals surface area contributed by atoms with Crippen LogP contribution < -0.4 is 11.1 Å². The highest BCUT2D eigenvalue weighted by molar-refractivity contribution is 6.04. The molecule has 0 saturated carbocycles. The van der Waals surface area contributed by atoms with Crippen molar-refractivity contribution < 1.29 is 9.18 Å². The van der Waals surface area contributed by atoms with E-state index in [-0.39, 0.29) is 11.6 Å². The minimum Gasteiger partial charge on any atom is -0.324 e. The number of carbonyl (C=O) groups is 1. The van der Waals surface area contributed by atoms with Crippen molar-refractivity contribution in [3.8, 4) is 0 Å². The summed E-state index contributed by atoms with van der Waals surface area (Å²) in [5.74, 6) is -0.986. The van der Waals surface area contributed by atoms with Gasteiger partial charge in [0.05, 0.1) is 5.56 Å². The number of nitrogens with one attached hydrogen (secondary N) is 1. The van der Waals surface area contributed by atoms with Gasteiger partial charge in [0.25, 0.3) is 5.91 Å². The van der Waals surface area contributed by atoms with Crippen LogP contribution in [0.15, 0.2) is 42.5 Å². The Morgan fingerprint density at radius 3 is 2.45 bits per heavy atom. The molecule has 0 bridgehead atoms. The van der Waals surface area contributed by atoms with E-state index in [4.69, 9.17) is 5.73 Å². The second-order valence-corrected chi connectivity index (χ2v) is 4.85. The summed E-state index contributed by atoms with van der Waals surface area (Å²) in [6.07, 6.45) is 0. The van der Waals surface area contributed by atoms with Crippen LogP contribution in [0, 0.1) is 12.7 Å². The molecular weight excluding hydrogens is 255 g/mol. The Bertz CT molecular complexity index is 621. The molecular formula is C16H17FN2O. The fourth-order valence-corrected chi connectivity index (χ4v) is 1.88. The highest BCUT2D eigenvalue weighted by Gasteiger charge is 2.12. The molecule has 20 heavy (non-hydrogen) atoms. The number of hydrogen-bond donors (Lipinski definition) is 2. The van der Waals surface area contributed by atoms with Crippen molar-refractivity contribution in [1.29, 1.82) is 0 Å². The van der Waals surface area contributed by atoms with Crippen molar-refractivity contribution in [2.45, 2.75) is 19.9 Å². The van der Waals surface area contributed by atoms with Gasteiger partial charge in [0.2, 0.25) is 0 Å². The van der Waals surface area contributed by atoms with Gasteiger partial charge < -0.3 is 11.1 Å². The predicted octanol–water partition coefficient (Wildman–Crippen LogP) is 3.41. The molecule has 1 atom stereocenters. The van der Waals surface area contributed by atoms with Crippen molar-refractivity contribution in [1.82, 2.24) is 0 Å².